The fourth-order valence-corrected chi connectivity index (χ4v) is 1.65. The predicted octanol–water partition coefficient (Wildman–Crippen LogP) is 3.45. The van der Waals surface area contributed by atoms with Crippen molar-refractivity contribution in [1.29, 1.82) is 0 Å². The minimum atomic E-state index is -4.45. The standard InChI is InChI=1S/C12H13ClF3NO/c1-2-10(7-13)17-11(18)8-4-3-5-9(6-8)12(14,15)16/h3-6,10H,2,7H2,1H3,(H,17,18). The van der Waals surface area contributed by atoms with Gasteiger partial charge in [-0.15, -0.1) is 11.6 Å². The third-order valence-electron chi connectivity index (χ3n) is 2.47. The lowest BCUT2D eigenvalue weighted by atomic mass is 10.1. The fourth-order valence-electron chi connectivity index (χ4n) is 1.36. The number of hydrogen-bond donors (Lipinski definition) is 1. The Labute approximate surface area is 108 Å². The summed E-state index contributed by atoms with van der Waals surface area (Å²) in [5.41, 5.74) is -0.859. The summed E-state index contributed by atoms with van der Waals surface area (Å²) in [5, 5.41) is 2.57. The fraction of sp³-hybridized carbons (Fsp3) is 0.417. The van der Waals surface area contributed by atoms with Crippen molar-refractivity contribution in [2.45, 2.75) is 25.6 Å². The van der Waals surface area contributed by atoms with Crippen LogP contribution in [0.4, 0.5) is 13.2 Å². The summed E-state index contributed by atoms with van der Waals surface area (Å²) in [6.45, 7) is 1.83. The van der Waals surface area contributed by atoms with E-state index in [0.29, 0.717) is 6.42 Å². The molecule has 1 aromatic rings. The average Bonchev–Trinajstić information content (AvgIpc) is 2.34. The number of carbonyl (C=O) groups excluding carboxylic acids is 1. The molecular formula is C12H13ClF3NO. The van der Waals surface area contributed by atoms with Crippen LogP contribution in [0.25, 0.3) is 0 Å². The molecule has 0 bridgehead atoms. The second-order valence-corrected chi connectivity index (χ2v) is 4.12. The zero-order valence-electron chi connectivity index (χ0n) is 9.72. The molecule has 0 fully saturated rings. The molecule has 1 N–H and O–H groups in total. The monoisotopic (exact) mass is 279 g/mol. The van der Waals surface area contributed by atoms with E-state index in [9.17, 15) is 18.0 Å². The van der Waals surface area contributed by atoms with Crippen molar-refractivity contribution in [1.82, 2.24) is 5.32 Å². The van der Waals surface area contributed by atoms with E-state index in [1.54, 1.807) is 0 Å². The van der Waals surface area contributed by atoms with Crippen LogP contribution in [0.2, 0.25) is 0 Å². The molecule has 0 aliphatic rings. The molecule has 1 rings (SSSR count). The number of rotatable bonds is 4. The SMILES string of the molecule is CCC(CCl)NC(=O)c1cccc(C(F)(F)F)c1. The predicted molar refractivity (Wildman–Crippen MR) is 63.7 cm³/mol. The average molecular weight is 280 g/mol. The minimum absolute atomic E-state index is 0.0200. The van der Waals surface area contributed by atoms with Gasteiger partial charge in [-0.1, -0.05) is 13.0 Å². The molecule has 1 aromatic carbocycles. The quantitative estimate of drug-likeness (QED) is 0.841. The smallest absolute Gasteiger partial charge is 0.348 e. The van der Waals surface area contributed by atoms with Crippen LogP contribution in [0.15, 0.2) is 24.3 Å². The van der Waals surface area contributed by atoms with Gasteiger partial charge in [-0.05, 0) is 24.6 Å². The van der Waals surface area contributed by atoms with Gasteiger partial charge < -0.3 is 5.32 Å². The molecule has 2 nitrogen and oxygen atoms in total. The Bertz CT molecular complexity index is 416. The molecule has 0 aliphatic heterocycles. The molecule has 100 valence electrons. The number of carbonyl (C=O) groups is 1. The van der Waals surface area contributed by atoms with Crippen LogP contribution in [-0.4, -0.2) is 17.8 Å². The molecule has 0 aliphatic carbocycles. The van der Waals surface area contributed by atoms with Crippen molar-refractivity contribution < 1.29 is 18.0 Å². The zero-order valence-corrected chi connectivity index (χ0v) is 10.5. The van der Waals surface area contributed by atoms with Crippen LogP contribution < -0.4 is 5.32 Å². The van der Waals surface area contributed by atoms with Gasteiger partial charge in [0.05, 0.1) is 5.56 Å². The van der Waals surface area contributed by atoms with E-state index in [1.165, 1.54) is 12.1 Å². The Balaban J connectivity index is 2.87. The molecule has 0 saturated carbocycles. The summed E-state index contributed by atoms with van der Waals surface area (Å²) in [6, 6.07) is 4.06. The molecule has 18 heavy (non-hydrogen) atoms. The van der Waals surface area contributed by atoms with Crippen LogP contribution in [0.5, 0.6) is 0 Å². The number of alkyl halides is 4. The normalized spacial score (nSPS) is 13.2. The van der Waals surface area contributed by atoms with Gasteiger partial charge in [0.2, 0.25) is 0 Å². The molecule has 1 amide bonds. The van der Waals surface area contributed by atoms with Crippen molar-refractivity contribution in [2.75, 3.05) is 5.88 Å². The Morgan fingerprint density at radius 2 is 2.11 bits per heavy atom. The molecule has 0 spiro atoms. The van der Waals surface area contributed by atoms with E-state index in [0.717, 1.165) is 12.1 Å². The largest absolute Gasteiger partial charge is 0.416 e. The highest BCUT2D eigenvalue weighted by Gasteiger charge is 2.30. The highest BCUT2D eigenvalue weighted by molar-refractivity contribution is 6.18. The van der Waals surface area contributed by atoms with Gasteiger partial charge in [-0.3, -0.25) is 4.79 Å². The third-order valence-corrected chi connectivity index (χ3v) is 2.84. The maximum absolute atomic E-state index is 12.5. The van der Waals surface area contributed by atoms with E-state index in [4.69, 9.17) is 11.6 Å². The van der Waals surface area contributed by atoms with Crippen molar-refractivity contribution in [2.24, 2.45) is 0 Å². The molecule has 0 saturated heterocycles. The van der Waals surface area contributed by atoms with E-state index in [-0.39, 0.29) is 17.5 Å². The lowest BCUT2D eigenvalue weighted by Gasteiger charge is -2.14. The Morgan fingerprint density at radius 1 is 1.44 bits per heavy atom. The van der Waals surface area contributed by atoms with Gasteiger partial charge in [0.15, 0.2) is 0 Å². The van der Waals surface area contributed by atoms with Gasteiger partial charge in [0, 0.05) is 17.5 Å². The summed E-state index contributed by atoms with van der Waals surface area (Å²) in [6.07, 6.45) is -3.83. The van der Waals surface area contributed by atoms with Crippen LogP contribution in [-0.2, 0) is 6.18 Å². The van der Waals surface area contributed by atoms with Crippen LogP contribution in [0, 0.1) is 0 Å². The van der Waals surface area contributed by atoms with Crippen molar-refractivity contribution >= 4 is 17.5 Å². The Morgan fingerprint density at radius 3 is 2.61 bits per heavy atom. The number of nitrogens with one attached hydrogen (secondary N) is 1. The zero-order chi connectivity index (χ0) is 13.8. The summed E-state index contributed by atoms with van der Waals surface area (Å²) in [5.74, 6) is -0.324. The second-order valence-electron chi connectivity index (χ2n) is 3.81. The van der Waals surface area contributed by atoms with E-state index < -0.39 is 17.6 Å². The summed E-state index contributed by atoms with van der Waals surface area (Å²) in [4.78, 5) is 11.7. The lowest BCUT2D eigenvalue weighted by Crippen LogP contribution is -2.35. The number of hydrogen-bond acceptors (Lipinski definition) is 1. The maximum atomic E-state index is 12.5. The Hall–Kier alpha value is -1.23. The van der Waals surface area contributed by atoms with Crippen LogP contribution in [0.1, 0.15) is 29.3 Å². The van der Waals surface area contributed by atoms with Crippen molar-refractivity contribution in [3.8, 4) is 0 Å². The highest BCUT2D eigenvalue weighted by atomic mass is 35.5. The van der Waals surface area contributed by atoms with Gasteiger partial charge >= 0.3 is 6.18 Å². The highest BCUT2D eigenvalue weighted by Crippen LogP contribution is 2.29. The number of halogens is 4. The summed E-state index contributed by atoms with van der Waals surface area (Å²) < 4.78 is 37.4. The van der Waals surface area contributed by atoms with E-state index in [2.05, 4.69) is 5.32 Å². The van der Waals surface area contributed by atoms with Crippen LogP contribution in [0.3, 0.4) is 0 Å². The number of benzene rings is 1. The summed E-state index contributed by atoms with van der Waals surface area (Å²) >= 11 is 5.61. The Kier molecular flexibility index (Phi) is 5.02. The first-order chi connectivity index (χ1) is 8.38. The topological polar surface area (TPSA) is 29.1 Å². The van der Waals surface area contributed by atoms with Crippen LogP contribution >= 0.6 is 11.6 Å². The first-order valence-electron chi connectivity index (χ1n) is 5.42. The van der Waals surface area contributed by atoms with Gasteiger partial charge in [0.25, 0.3) is 5.91 Å². The molecule has 0 aromatic heterocycles. The van der Waals surface area contributed by atoms with E-state index >= 15 is 0 Å². The van der Waals surface area contributed by atoms with Gasteiger partial charge in [-0.25, -0.2) is 0 Å². The third kappa shape index (κ3) is 3.91. The van der Waals surface area contributed by atoms with Crippen molar-refractivity contribution in [3.05, 3.63) is 35.4 Å². The maximum Gasteiger partial charge on any atom is 0.416 e. The van der Waals surface area contributed by atoms with Gasteiger partial charge in [-0.2, -0.15) is 13.2 Å². The molecule has 1 unspecified atom stereocenters. The summed E-state index contributed by atoms with van der Waals surface area (Å²) in [7, 11) is 0. The molecule has 0 heterocycles. The second kappa shape index (κ2) is 6.09. The molecular weight excluding hydrogens is 267 g/mol. The van der Waals surface area contributed by atoms with E-state index in [1.807, 2.05) is 6.92 Å². The van der Waals surface area contributed by atoms with Gasteiger partial charge in [0.1, 0.15) is 0 Å². The molecule has 0 radical (unpaired) electrons. The minimum Gasteiger partial charge on any atom is -0.348 e. The number of amides is 1. The first-order valence-corrected chi connectivity index (χ1v) is 5.96. The molecule has 1 atom stereocenters. The first kappa shape index (κ1) is 14.8. The lowest BCUT2D eigenvalue weighted by molar-refractivity contribution is -0.137. The molecule has 6 heteroatoms. The van der Waals surface area contributed by atoms with Crippen molar-refractivity contribution in [3.63, 3.8) is 0 Å².